The van der Waals surface area contributed by atoms with E-state index in [4.69, 9.17) is 9.84 Å². The number of aliphatic hydroxyl groups is 4. The van der Waals surface area contributed by atoms with Crippen molar-refractivity contribution in [2.45, 2.75) is 37.6 Å². The Kier molecular flexibility index (Phi) is 5.45. The van der Waals surface area contributed by atoms with Gasteiger partial charge >= 0.3 is 0 Å². The third-order valence-electron chi connectivity index (χ3n) is 3.74. The molecule has 2 amide bonds. The van der Waals surface area contributed by atoms with E-state index in [0.29, 0.717) is 4.90 Å². The van der Waals surface area contributed by atoms with Crippen LogP contribution < -0.4 is 0 Å². The first-order chi connectivity index (χ1) is 10.9. The predicted octanol–water partition coefficient (Wildman–Crippen LogP) is -1.52. The molecule has 0 saturated carbocycles. The summed E-state index contributed by atoms with van der Waals surface area (Å²) in [6.07, 6.45) is -6.16. The monoisotopic (exact) mass is 325 g/mol. The molecule has 1 fully saturated rings. The van der Waals surface area contributed by atoms with E-state index in [1.807, 2.05) is 0 Å². The van der Waals surface area contributed by atoms with Crippen LogP contribution in [0.25, 0.3) is 0 Å². The van der Waals surface area contributed by atoms with E-state index in [9.17, 15) is 24.9 Å². The zero-order valence-electron chi connectivity index (χ0n) is 12.4. The molecule has 2 rings (SSSR count). The number of amides is 2. The standard InChI is InChI=1S/C15H19NO7/c1-8(18)16(14(21)9-5-3-2-4-6-9)11-13(20)12(19)10(7-17)23-15(11)22/h2-6,10-13,15,17,19-20,22H,7H2,1H3/t10-,11-,12-,13-,15+/m1/s1. The molecular formula is C15H19NO7. The van der Waals surface area contributed by atoms with E-state index < -0.39 is 49.1 Å². The molecule has 4 N–H and O–H groups in total. The second-order valence-corrected chi connectivity index (χ2v) is 5.28. The second-order valence-electron chi connectivity index (χ2n) is 5.28. The maximum atomic E-state index is 12.5. The molecule has 8 nitrogen and oxygen atoms in total. The first kappa shape index (κ1) is 17.5. The zero-order valence-corrected chi connectivity index (χ0v) is 12.4. The Morgan fingerprint density at radius 3 is 2.26 bits per heavy atom. The van der Waals surface area contributed by atoms with E-state index in [0.717, 1.165) is 6.92 Å². The molecule has 0 unspecified atom stereocenters. The third-order valence-corrected chi connectivity index (χ3v) is 3.74. The number of ether oxygens (including phenoxy) is 1. The lowest BCUT2D eigenvalue weighted by Crippen LogP contribution is -2.66. The van der Waals surface area contributed by atoms with Crippen molar-refractivity contribution < 1.29 is 34.8 Å². The van der Waals surface area contributed by atoms with Crippen LogP contribution in [0.5, 0.6) is 0 Å². The Morgan fingerprint density at radius 2 is 1.74 bits per heavy atom. The third kappa shape index (κ3) is 3.41. The number of hydrogen-bond donors (Lipinski definition) is 4. The van der Waals surface area contributed by atoms with Gasteiger partial charge in [-0.1, -0.05) is 18.2 Å². The van der Waals surface area contributed by atoms with E-state index in [2.05, 4.69) is 0 Å². The van der Waals surface area contributed by atoms with E-state index >= 15 is 0 Å². The van der Waals surface area contributed by atoms with Crippen molar-refractivity contribution in [3.63, 3.8) is 0 Å². The van der Waals surface area contributed by atoms with Crippen LogP contribution in [-0.4, -0.2) is 74.4 Å². The van der Waals surface area contributed by atoms with Crippen LogP contribution in [0.1, 0.15) is 17.3 Å². The average Bonchev–Trinajstić information content (AvgIpc) is 2.54. The van der Waals surface area contributed by atoms with Crippen molar-refractivity contribution >= 4 is 11.8 Å². The Labute approximate surface area is 132 Å². The fourth-order valence-electron chi connectivity index (χ4n) is 2.57. The van der Waals surface area contributed by atoms with E-state index in [1.165, 1.54) is 12.1 Å². The lowest BCUT2D eigenvalue weighted by atomic mass is 9.95. The smallest absolute Gasteiger partial charge is 0.260 e. The van der Waals surface area contributed by atoms with Crippen LogP contribution >= 0.6 is 0 Å². The molecule has 1 aliphatic rings. The van der Waals surface area contributed by atoms with Gasteiger partial charge in [-0.05, 0) is 12.1 Å². The summed E-state index contributed by atoms with van der Waals surface area (Å²) in [5.41, 5.74) is 0.181. The first-order valence-corrected chi connectivity index (χ1v) is 7.08. The van der Waals surface area contributed by atoms with Crippen molar-refractivity contribution in [2.24, 2.45) is 0 Å². The van der Waals surface area contributed by atoms with Crippen molar-refractivity contribution in [1.82, 2.24) is 4.90 Å². The fraction of sp³-hybridized carbons (Fsp3) is 0.467. The number of hydrogen-bond acceptors (Lipinski definition) is 7. The molecule has 1 aromatic rings. The highest BCUT2D eigenvalue weighted by atomic mass is 16.6. The summed E-state index contributed by atoms with van der Waals surface area (Å²) in [4.78, 5) is 25.1. The van der Waals surface area contributed by atoms with Gasteiger partial charge in [-0.3, -0.25) is 14.5 Å². The number of nitrogens with zero attached hydrogens (tertiary/aromatic N) is 1. The Bertz CT molecular complexity index is 564. The predicted molar refractivity (Wildman–Crippen MR) is 77.1 cm³/mol. The highest BCUT2D eigenvalue weighted by Gasteiger charge is 2.49. The normalized spacial score (nSPS) is 30.7. The molecule has 23 heavy (non-hydrogen) atoms. The van der Waals surface area contributed by atoms with E-state index in [1.54, 1.807) is 18.2 Å². The quantitative estimate of drug-likeness (QED) is 0.531. The van der Waals surface area contributed by atoms with Crippen LogP contribution in [0.2, 0.25) is 0 Å². The Balaban J connectivity index is 2.34. The highest BCUT2D eigenvalue weighted by Crippen LogP contribution is 2.25. The molecule has 1 aromatic carbocycles. The van der Waals surface area contributed by atoms with Crippen LogP contribution in [-0.2, 0) is 9.53 Å². The van der Waals surface area contributed by atoms with Gasteiger partial charge < -0.3 is 25.2 Å². The molecular weight excluding hydrogens is 306 g/mol. The van der Waals surface area contributed by atoms with Gasteiger partial charge in [0, 0.05) is 12.5 Å². The highest BCUT2D eigenvalue weighted by molar-refractivity contribution is 6.04. The van der Waals surface area contributed by atoms with Gasteiger partial charge in [-0.2, -0.15) is 0 Å². The molecule has 126 valence electrons. The Morgan fingerprint density at radius 1 is 1.13 bits per heavy atom. The molecule has 0 aromatic heterocycles. The Hall–Kier alpha value is -1.84. The lowest BCUT2D eigenvalue weighted by molar-refractivity contribution is -0.266. The molecule has 1 saturated heterocycles. The summed E-state index contributed by atoms with van der Waals surface area (Å²) in [7, 11) is 0. The lowest BCUT2D eigenvalue weighted by Gasteiger charge is -2.43. The summed E-state index contributed by atoms with van der Waals surface area (Å²) in [6, 6.07) is 6.37. The minimum absolute atomic E-state index is 0.181. The minimum atomic E-state index is -1.73. The maximum Gasteiger partial charge on any atom is 0.260 e. The molecule has 5 atom stereocenters. The van der Waals surface area contributed by atoms with E-state index in [-0.39, 0.29) is 5.56 Å². The van der Waals surface area contributed by atoms with Crippen molar-refractivity contribution in [1.29, 1.82) is 0 Å². The zero-order chi connectivity index (χ0) is 17.1. The first-order valence-electron chi connectivity index (χ1n) is 7.08. The second kappa shape index (κ2) is 7.16. The molecule has 1 heterocycles. The van der Waals surface area contributed by atoms with Crippen LogP contribution in [0.15, 0.2) is 30.3 Å². The van der Waals surface area contributed by atoms with Gasteiger partial charge in [0.25, 0.3) is 5.91 Å². The van der Waals surface area contributed by atoms with Crippen LogP contribution in [0.3, 0.4) is 0 Å². The molecule has 0 radical (unpaired) electrons. The van der Waals surface area contributed by atoms with Gasteiger partial charge in [0.1, 0.15) is 24.4 Å². The van der Waals surface area contributed by atoms with Gasteiger partial charge in [0.05, 0.1) is 6.61 Å². The largest absolute Gasteiger partial charge is 0.394 e. The topological polar surface area (TPSA) is 128 Å². The molecule has 0 bridgehead atoms. The van der Waals surface area contributed by atoms with Gasteiger partial charge in [-0.15, -0.1) is 0 Å². The number of rotatable bonds is 3. The molecule has 1 aliphatic heterocycles. The van der Waals surface area contributed by atoms with Crippen molar-refractivity contribution in [3.8, 4) is 0 Å². The van der Waals surface area contributed by atoms with Gasteiger partial charge in [-0.25, -0.2) is 0 Å². The molecule has 0 spiro atoms. The van der Waals surface area contributed by atoms with Crippen molar-refractivity contribution in [3.05, 3.63) is 35.9 Å². The van der Waals surface area contributed by atoms with Crippen molar-refractivity contribution in [2.75, 3.05) is 6.61 Å². The number of carbonyl (C=O) groups excluding carboxylic acids is 2. The minimum Gasteiger partial charge on any atom is -0.394 e. The summed E-state index contributed by atoms with van der Waals surface area (Å²) in [6.45, 7) is 0.472. The van der Waals surface area contributed by atoms with Crippen LogP contribution in [0.4, 0.5) is 0 Å². The fourth-order valence-corrected chi connectivity index (χ4v) is 2.57. The maximum absolute atomic E-state index is 12.5. The summed E-state index contributed by atoms with van der Waals surface area (Å²) < 4.78 is 5.00. The molecule has 8 heteroatoms. The number of benzene rings is 1. The molecule has 0 aliphatic carbocycles. The number of carbonyl (C=O) groups is 2. The number of imide groups is 1. The number of aliphatic hydroxyl groups excluding tert-OH is 4. The summed E-state index contributed by atoms with van der Waals surface area (Å²) >= 11 is 0. The summed E-state index contributed by atoms with van der Waals surface area (Å²) in [5.74, 6) is -1.46. The average molecular weight is 325 g/mol. The van der Waals surface area contributed by atoms with Gasteiger partial charge in [0.2, 0.25) is 5.91 Å². The summed E-state index contributed by atoms with van der Waals surface area (Å²) in [5, 5.41) is 39.2. The van der Waals surface area contributed by atoms with Gasteiger partial charge in [0.15, 0.2) is 6.29 Å². The van der Waals surface area contributed by atoms with Crippen LogP contribution in [0, 0.1) is 0 Å². The SMILES string of the molecule is CC(=O)N(C(=O)c1ccccc1)[C@@H]1[C@@H](O)[C@H](O)[C@@H](CO)O[C@@H]1O.